The van der Waals surface area contributed by atoms with Crippen molar-refractivity contribution >= 4 is 11.8 Å². The molecule has 0 unspecified atom stereocenters. The van der Waals surface area contributed by atoms with Crippen LogP contribution in [-0.4, -0.2) is 47.9 Å². The number of ether oxygens (including phenoxy) is 2. The maximum absolute atomic E-state index is 12.5. The highest BCUT2D eigenvalue weighted by atomic mass is 16.6. The van der Waals surface area contributed by atoms with Gasteiger partial charge in [-0.3, -0.25) is 4.79 Å². The Morgan fingerprint density at radius 2 is 2.14 bits per heavy atom. The van der Waals surface area contributed by atoms with Gasteiger partial charge in [0.05, 0.1) is 25.2 Å². The van der Waals surface area contributed by atoms with Crippen LogP contribution in [0.15, 0.2) is 36.4 Å². The highest BCUT2D eigenvalue weighted by Crippen LogP contribution is 2.39. The van der Waals surface area contributed by atoms with Crippen LogP contribution in [0.25, 0.3) is 0 Å². The van der Waals surface area contributed by atoms with Gasteiger partial charge in [0.2, 0.25) is 0 Å². The molecule has 1 saturated carbocycles. The van der Waals surface area contributed by atoms with E-state index in [4.69, 9.17) is 4.74 Å². The molecule has 1 aliphatic rings. The highest BCUT2D eigenvalue weighted by Gasteiger charge is 2.41. The second kappa shape index (κ2) is 11.0. The molecule has 6 nitrogen and oxygen atoms in total. The Balaban J connectivity index is 2.11. The number of ketones is 1. The summed E-state index contributed by atoms with van der Waals surface area (Å²) in [6.45, 7) is 1.89. The number of unbranched alkanes of at least 4 members (excludes halogenated alkanes) is 2. The van der Waals surface area contributed by atoms with Crippen LogP contribution in [0, 0.1) is 5.92 Å². The van der Waals surface area contributed by atoms with Crippen molar-refractivity contribution in [2.45, 2.75) is 57.2 Å². The summed E-state index contributed by atoms with van der Waals surface area (Å²) in [5.74, 6) is -0.984. The fourth-order valence-corrected chi connectivity index (χ4v) is 3.51. The average molecular weight is 390 g/mol. The van der Waals surface area contributed by atoms with Gasteiger partial charge < -0.3 is 19.7 Å². The number of benzene rings is 1. The van der Waals surface area contributed by atoms with Crippen molar-refractivity contribution in [2.75, 3.05) is 13.7 Å². The number of aliphatic hydroxyl groups excluding tert-OH is 2. The second-order valence-electron chi connectivity index (χ2n) is 7.18. The van der Waals surface area contributed by atoms with Crippen LogP contribution in [0.1, 0.15) is 50.5 Å². The molecular weight excluding hydrogens is 360 g/mol. The minimum atomic E-state index is -0.781. The molecule has 1 aromatic carbocycles. The van der Waals surface area contributed by atoms with Crippen LogP contribution in [-0.2, 0) is 14.3 Å². The molecule has 0 radical (unpaired) electrons. The third-order valence-corrected chi connectivity index (χ3v) is 5.05. The van der Waals surface area contributed by atoms with Gasteiger partial charge in [0, 0.05) is 12.3 Å². The normalized spacial score (nSPS) is 23.1. The summed E-state index contributed by atoms with van der Waals surface area (Å²) in [5.41, 5.74) is 0.721. The zero-order valence-corrected chi connectivity index (χ0v) is 16.5. The van der Waals surface area contributed by atoms with Crippen LogP contribution in [0.2, 0.25) is 0 Å². The number of aliphatic hydroxyl groups is 2. The first-order chi connectivity index (χ1) is 13.5. The number of hydrogen-bond acceptors (Lipinski definition) is 6. The van der Waals surface area contributed by atoms with E-state index in [1.807, 2.05) is 6.07 Å². The lowest BCUT2D eigenvalue weighted by molar-refractivity contribution is -0.142. The van der Waals surface area contributed by atoms with Crippen LogP contribution < -0.4 is 4.74 Å². The third kappa shape index (κ3) is 6.17. The quantitative estimate of drug-likeness (QED) is 0.363. The fourth-order valence-electron chi connectivity index (χ4n) is 3.51. The van der Waals surface area contributed by atoms with E-state index < -0.39 is 30.0 Å². The summed E-state index contributed by atoms with van der Waals surface area (Å²) >= 11 is 0. The summed E-state index contributed by atoms with van der Waals surface area (Å²) in [7, 11) is 1.29. The Labute approximate surface area is 166 Å². The van der Waals surface area contributed by atoms with E-state index in [1.165, 1.54) is 7.11 Å². The average Bonchev–Trinajstić information content (AvgIpc) is 2.97. The third-order valence-electron chi connectivity index (χ3n) is 5.05. The number of carbonyl (C=O) groups excluding carboxylic acids is 2. The summed E-state index contributed by atoms with van der Waals surface area (Å²) in [5, 5.41) is 20.5. The van der Waals surface area contributed by atoms with Gasteiger partial charge in [-0.1, -0.05) is 50.5 Å². The fraction of sp³-hybridized carbons (Fsp3) is 0.545. The van der Waals surface area contributed by atoms with Crippen molar-refractivity contribution < 1.29 is 29.3 Å². The Morgan fingerprint density at radius 3 is 2.86 bits per heavy atom. The standard InChI is InChI=1S/C22H30O6/c1-3-4-5-8-16(23)10-11-18-19(24)13-20(25)22(18)15-7-6-9-17(12-15)28-14-21(26)27-2/h6-7,9-12,16,18-19,22-24H,3-5,8,13-14H2,1-2H3/b11-10+/t16-,18-,19+,22+/m0/s1. The van der Waals surface area contributed by atoms with Gasteiger partial charge in [-0.25, -0.2) is 4.79 Å². The number of rotatable bonds is 10. The molecule has 1 aromatic rings. The van der Waals surface area contributed by atoms with Crippen molar-refractivity contribution in [3.63, 3.8) is 0 Å². The van der Waals surface area contributed by atoms with E-state index >= 15 is 0 Å². The summed E-state index contributed by atoms with van der Waals surface area (Å²) in [6, 6.07) is 6.97. The molecule has 6 heteroatoms. The molecule has 4 atom stereocenters. The van der Waals surface area contributed by atoms with E-state index in [-0.39, 0.29) is 18.8 Å². The van der Waals surface area contributed by atoms with Crippen LogP contribution in [0.5, 0.6) is 5.75 Å². The molecule has 1 fully saturated rings. The van der Waals surface area contributed by atoms with Crippen molar-refractivity contribution in [3.05, 3.63) is 42.0 Å². The van der Waals surface area contributed by atoms with Gasteiger partial charge >= 0.3 is 5.97 Å². The topological polar surface area (TPSA) is 93.1 Å². The number of esters is 1. The van der Waals surface area contributed by atoms with Gasteiger partial charge in [0.25, 0.3) is 0 Å². The van der Waals surface area contributed by atoms with Gasteiger partial charge in [-0.15, -0.1) is 0 Å². The Bertz CT molecular complexity index is 683. The first-order valence-corrected chi connectivity index (χ1v) is 9.83. The van der Waals surface area contributed by atoms with E-state index in [1.54, 1.807) is 30.4 Å². The van der Waals surface area contributed by atoms with E-state index in [2.05, 4.69) is 11.7 Å². The Hall–Kier alpha value is -2.18. The Kier molecular flexibility index (Phi) is 8.67. The van der Waals surface area contributed by atoms with Crippen LogP contribution >= 0.6 is 0 Å². The molecule has 0 aromatic heterocycles. The lowest BCUT2D eigenvalue weighted by atomic mass is 9.87. The van der Waals surface area contributed by atoms with E-state index in [0.717, 1.165) is 24.8 Å². The molecule has 1 aliphatic carbocycles. The predicted octanol–water partition coefficient (Wildman–Crippen LogP) is 2.77. The highest BCUT2D eigenvalue weighted by molar-refractivity contribution is 5.89. The van der Waals surface area contributed by atoms with Gasteiger partial charge in [0.15, 0.2) is 6.61 Å². The smallest absolute Gasteiger partial charge is 0.343 e. The molecule has 0 bridgehead atoms. The lowest BCUT2D eigenvalue weighted by Crippen LogP contribution is -2.18. The molecular formula is C22H30O6. The molecule has 0 amide bonds. The van der Waals surface area contributed by atoms with Gasteiger partial charge in [0.1, 0.15) is 11.5 Å². The second-order valence-corrected chi connectivity index (χ2v) is 7.18. The van der Waals surface area contributed by atoms with Gasteiger partial charge in [-0.05, 0) is 24.1 Å². The van der Waals surface area contributed by atoms with Crippen LogP contribution in [0.3, 0.4) is 0 Å². The van der Waals surface area contributed by atoms with Gasteiger partial charge in [-0.2, -0.15) is 0 Å². The SMILES string of the molecule is CCCCC[C@H](O)/C=C/[C@H]1[C@H](O)CC(=O)[C@@H]1c1cccc(OCC(=O)OC)c1. The minimum absolute atomic E-state index is 0.0484. The van der Waals surface area contributed by atoms with Crippen LogP contribution in [0.4, 0.5) is 0 Å². The van der Waals surface area contributed by atoms with Crippen molar-refractivity contribution in [1.82, 2.24) is 0 Å². The molecule has 28 heavy (non-hydrogen) atoms. The molecule has 0 spiro atoms. The molecule has 2 rings (SSSR count). The largest absolute Gasteiger partial charge is 0.482 e. The summed E-state index contributed by atoms with van der Waals surface area (Å²) in [6.07, 6.45) is 5.93. The number of methoxy groups -OCH3 is 1. The Morgan fingerprint density at radius 1 is 1.36 bits per heavy atom. The number of Topliss-reactive ketones (excluding diaryl/α,β-unsaturated/α-hetero) is 1. The lowest BCUT2D eigenvalue weighted by Gasteiger charge is -2.19. The maximum Gasteiger partial charge on any atom is 0.343 e. The molecule has 0 aliphatic heterocycles. The van der Waals surface area contributed by atoms with E-state index in [0.29, 0.717) is 12.2 Å². The minimum Gasteiger partial charge on any atom is -0.482 e. The van der Waals surface area contributed by atoms with Crippen molar-refractivity contribution in [2.24, 2.45) is 5.92 Å². The first kappa shape index (κ1) is 22.1. The maximum atomic E-state index is 12.5. The first-order valence-electron chi connectivity index (χ1n) is 9.83. The van der Waals surface area contributed by atoms with E-state index in [9.17, 15) is 19.8 Å². The zero-order chi connectivity index (χ0) is 20.5. The summed E-state index contributed by atoms with van der Waals surface area (Å²) < 4.78 is 9.96. The molecule has 0 saturated heterocycles. The number of carbonyl (C=O) groups is 2. The molecule has 0 heterocycles. The summed E-state index contributed by atoms with van der Waals surface area (Å²) in [4.78, 5) is 23.8. The molecule has 2 N–H and O–H groups in total. The predicted molar refractivity (Wildman–Crippen MR) is 105 cm³/mol. The number of hydrogen-bond donors (Lipinski definition) is 2. The molecule has 154 valence electrons. The van der Waals surface area contributed by atoms with Crippen molar-refractivity contribution in [3.8, 4) is 5.75 Å². The zero-order valence-electron chi connectivity index (χ0n) is 16.5. The van der Waals surface area contributed by atoms with Crippen molar-refractivity contribution in [1.29, 1.82) is 0 Å². The monoisotopic (exact) mass is 390 g/mol.